The van der Waals surface area contributed by atoms with Gasteiger partial charge < -0.3 is 29.1 Å². The fourth-order valence-corrected chi connectivity index (χ4v) is 5.43. The van der Waals surface area contributed by atoms with Crippen molar-refractivity contribution in [1.29, 1.82) is 0 Å². The van der Waals surface area contributed by atoms with Crippen molar-refractivity contribution in [3.63, 3.8) is 0 Å². The lowest BCUT2D eigenvalue weighted by Crippen LogP contribution is -2.40. The van der Waals surface area contributed by atoms with Gasteiger partial charge in [-0.15, -0.1) is 0 Å². The van der Waals surface area contributed by atoms with E-state index in [1.54, 1.807) is 26.4 Å². The number of aromatic nitrogens is 1. The molecule has 1 N–H and O–H groups in total. The van der Waals surface area contributed by atoms with Gasteiger partial charge in [0.1, 0.15) is 23.1 Å². The van der Waals surface area contributed by atoms with Crippen LogP contribution >= 0.6 is 0 Å². The van der Waals surface area contributed by atoms with E-state index in [1.807, 2.05) is 23.1 Å². The van der Waals surface area contributed by atoms with Crippen molar-refractivity contribution in [2.24, 2.45) is 0 Å². The molecule has 2 aromatic carbocycles. The summed E-state index contributed by atoms with van der Waals surface area (Å²) in [5.74, 6) is 1.61. The third-order valence-corrected chi connectivity index (χ3v) is 7.59. The van der Waals surface area contributed by atoms with Crippen molar-refractivity contribution in [3.05, 3.63) is 59.4 Å². The number of amides is 1. The molecule has 2 saturated heterocycles. The Hall–Kier alpha value is -3.43. The number of ether oxygens (including phenoxy) is 3. The number of fused-ring (bicyclic) bond motifs is 1. The third kappa shape index (κ3) is 6.42. The van der Waals surface area contributed by atoms with Crippen molar-refractivity contribution in [3.8, 4) is 11.5 Å². The van der Waals surface area contributed by atoms with Gasteiger partial charge in [-0.05, 0) is 62.1 Å². The van der Waals surface area contributed by atoms with E-state index >= 15 is 0 Å². The minimum atomic E-state index is -0.342. The molecule has 2 aliphatic rings. The van der Waals surface area contributed by atoms with Gasteiger partial charge in [0.15, 0.2) is 0 Å². The van der Waals surface area contributed by atoms with E-state index in [9.17, 15) is 14.3 Å². The molecule has 9 heteroatoms. The molecular formula is C30H36FN3O5. The molecule has 3 heterocycles. The van der Waals surface area contributed by atoms with Gasteiger partial charge in [-0.25, -0.2) is 9.37 Å². The lowest BCUT2D eigenvalue weighted by Gasteiger charge is -2.33. The molecule has 0 aliphatic carbocycles. The van der Waals surface area contributed by atoms with E-state index in [0.717, 1.165) is 35.2 Å². The van der Waals surface area contributed by atoms with E-state index in [0.29, 0.717) is 62.6 Å². The summed E-state index contributed by atoms with van der Waals surface area (Å²) < 4.78 is 30.9. The third-order valence-electron chi connectivity index (χ3n) is 7.59. The molecule has 0 saturated carbocycles. The molecular weight excluding hydrogens is 501 g/mol. The van der Waals surface area contributed by atoms with Crippen molar-refractivity contribution in [1.82, 2.24) is 9.88 Å². The highest BCUT2D eigenvalue weighted by atomic mass is 19.1. The molecule has 1 amide bonds. The first-order valence-corrected chi connectivity index (χ1v) is 13.6. The fourth-order valence-electron chi connectivity index (χ4n) is 5.43. The number of aliphatic hydroxyl groups is 1. The summed E-state index contributed by atoms with van der Waals surface area (Å²) in [4.78, 5) is 22.7. The number of piperidine rings is 1. The first kappa shape index (κ1) is 27.1. The van der Waals surface area contributed by atoms with E-state index in [-0.39, 0.29) is 30.4 Å². The Bertz CT molecular complexity index is 1310. The van der Waals surface area contributed by atoms with Crippen LogP contribution in [0.15, 0.2) is 42.5 Å². The monoisotopic (exact) mass is 537 g/mol. The summed E-state index contributed by atoms with van der Waals surface area (Å²) in [7, 11) is 3.18. The highest BCUT2D eigenvalue weighted by Crippen LogP contribution is 2.30. The summed E-state index contributed by atoms with van der Waals surface area (Å²) in [5, 5.41) is 10.9. The summed E-state index contributed by atoms with van der Waals surface area (Å²) in [6, 6.07) is 12.0. The van der Waals surface area contributed by atoms with Crippen molar-refractivity contribution in [2.45, 2.75) is 50.9 Å². The normalized spacial score (nSPS) is 17.9. The maximum atomic E-state index is 14.1. The van der Waals surface area contributed by atoms with Crippen LogP contribution in [0.1, 0.15) is 36.8 Å². The summed E-state index contributed by atoms with van der Waals surface area (Å²) in [5.41, 5.74) is 2.20. The van der Waals surface area contributed by atoms with Gasteiger partial charge in [0.05, 0.1) is 38.4 Å². The van der Waals surface area contributed by atoms with Crippen molar-refractivity contribution < 1.29 is 28.5 Å². The van der Waals surface area contributed by atoms with Crippen LogP contribution in [0.25, 0.3) is 10.9 Å². The first-order valence-electron chi connectivity index (χ1n) is 13.6. The Kier molecular flexibility index (Phi) is 8.47. The van der Waals surface area contributed by atoms with Gasteiger partial charge in [-0.3, -0.25) is 4.79 Å². The van der Waals surface area contributed by atoms with Crippen LogP contribution in [0.5, 0.6) is 11.5 Å². The number of nitrogens with zero attached hydrogens (tertiary/aromatic N) is 3. The molecule has 0 bridgehead atoms. The highest BCUT2D eigenvalue weighted by Gasteiger charge is 2.27. The first-order chi connectivity index (χ1) is 18.9. The lowest BCUT2D eigenvalue weighted by atomic mass is 10.0. The van der Waals surface area contributed by atoms with Crippen LogP contribution < -0.4 is 14.4 Å². The number of halogens is 1. The van der Waals surface area contributed by atoms with Gasteiger partial charge in [0.2, 0.25) is 5.91 Å². The van der Waals surface area contributed by atoms with Gasteiger partial charge in [-0.2, -0.15) is 0 Å². The second kappa shape index (κ2) is 12.2. The number of aliphatic hydroxyl groups excluding tert-OH is 1. The van der Waals surface area contributed by atoms with Crippen molar-refractivity contribution >= 4 is 22.6 Å². The number of hydrogen-bond donors (Lipinski definition) is 1. The predicted octanol–water partition coefficient (Wildman–Crippen LogP) is 4.10. The average molecular weight is 538 g/mol. The molecule has 0 radical (unpaired) electrons. The van der Waals surface area contributed by atoms with Gasteiger partial charge in [0.25, 0.3) is 0 Å². The molecule has 5 rings (SSSR count). The molecule has 0 spiro atoms. The lowest BCUT2D eigenvalue weighted by molar-refractivity contribution is -0.132. The smallest absolute Gasteiger partial charge is 0.227 e. The summed E-state index contributed by atoms with van der Waals surface area (Å²) in [6.45, 7) is 2.77. The van der Waals surface area contributed by atoms with E-state index in [1.165, 1.54) is 12.1 Å². The number of methoxy groups -OCH3 is 2. The molecule has 2 fully saturated rings. The van der Waals surface area contributed by atoms with Crippen LogP contribution in [0.3, 0.4) is 0 Å². The van der Waals surface area contributed by atoms with E-state index < -0.39 is 0 Å². The van der Waals surface area contributed by atoms with Gasteiger partial charge >= 0.3 is 0 Å². The zero-order valence-electron chi connectivity index (χ0n) is 22.6. The highest BCUT2D eigenvalue weighted by molar-refractivity contribution is 5.83. The topological polar surface area (TPSA) is 84.4 Å². The van der Waals surface area contributed by atoms with Gasteiger partial charge in [0, 0.05) is 55.4 Å². The molecule has 0 unspecified atom stereocenters. The molecule has 39 heavy (non-hydrogen) atoms. The Labute approximate surface area is 228 Å². The standard InChI is InChI=1S/C30H36FN3O5/c1-37-25-7-8-28(38-2)21(15-25)16-29(36)34(19-26-4-3-13-39-26)18-22-14-20-5-6-23(31)17-27(20)32-30(22)33-11-9-24(35)10-12-33/h5-8,14-15,17,24,26,35H,3-4,9-13,16,18-19H2,1-2H3/t26-/m0/s1. The summed E-state index contributed by atoms with van der Waals surface area (Å²) in [6.07, 6.45) is 2.92. The van der Waals surface area contributed by atoms with Crippen LogP contribution in [-0.4, -0.2) is 73.6 Å². The fraction of sp³-hybridized carbons (Fsp3) is 0.467. The number of benzene rings is 2. The molecule has 3 aromatic rings. The molecule has 8 nitrogen and oxygen atoms in total. The van der Waals surface area contributed by atoms with Crippen molar-refractivity contribution in [2.75, 3.05) is 45.4 Å². The Balaban J connectivity index is 1.48. The number of carbonyl (C=O) groups is 1. The average Bonchev–Trinajstić information content (AvgIpc) is 3.46. The second-order valence-electron chi connectivity index (χ2n) is 10.3. The van der Waals surface area contributed by atoms with Crippen LogP contribution in [0.4, 0.5) is 10.2 Å². The van der Waals surface area contributed by atoms with E-state index in [2.05, 4.69) is 4.90 Å². The number of rotatable bonds is 9. The maximum absolute atomic E-state index is 14.1. The zero-order valence-corrected chi connectivity index (χ0v) is 22.6. The van der Waals surface area contributed by atoms with Gasteiger partial charge in [-0.1, -0.05) is 0 Å². The molecule has 208 valence electrons. The Morgan fingerprint density at radius 1 is 1.10 bits per heavy atom. The van der Waals surface area contributed by atoms with Crippen LogP contribution in [0.2, 0.25) is 0 Å². The quantitative estimate of drug-likeness (QED) is 0.440. The largest absolute Gasteiger partial charge is 0.497 e. The number of carbonyl (C=O) groups excluding carboxylic acids is 1. The molecule has 2 aliphatic heterocycles. The van der Waals surface area contributed by atoms with Crippen LogP contribution in [0, 0.1) is 5.82 Å². The maximum Gasteiger partial charge on any atom is 0.227 e. The second-order valence-corrected chi connectivity index (χ2v) is 10.3. The predicted molar refractivity (Wildman–Crippen MR) is 147 cm³/mol. The Morgan fingerprint density at radius 3 is 2.64 bits per heavy atom. The molecule has 1 atom stereocenters. The van der Waals surface area contributed by atoms with E-state index in [4.69, 9.17) is 19.2 Å². The Morgan fingerprint density at radius 2 is 1.92 bits per heavy atom. The number of anilines is 1. The minimum absolute atomic E-state index is 0.0303. The molecule has 1 aromatic heterocycles. The zero-order chi connectivity index (χ0) is 27.4. The SMILES string of the molecule is COc1ccc(OC)c(CC(=O)N(Cc2cc3ccc(F)cc3nc2N2CCC(O)CC2)C[C@@H]2CCCO2)c1. The van der Waals surface area contributed by atoms with Crippen LogP contribution in [-0.2, 0) is 22.5 Å². The number of pyridine rings is 1. The summed E-state index contributed by atoms with van der Waals surface area (Å²) >= 11 is 0. The minimum Gasteiger partial charge on any atom is -0.497 e. The number of hydrogen-bond acceptors (Lipinski definition) is 7.